The van der Waals surface area contributed by atoms with Crippen molar-refractivity contribution < 1.29 is 23.6 Å². The van der Waals surface area contributed by atoms with Gasteiger partial charge in [-0.05, 0) is 70.1 Å². The lowest BCUT2D eigenvalue weighted by Crippen LogP contribution is -2.44. The molecule has 0 spiro atoms. The number of nitrogens with one attached hydrogen (secondary N) is 1. The maximum atomic E-state index is 13.1. The summed E-state index contributed by atoms with van der Waals surface area (Å²) in [7, 11) is 1.88. The largest absolute Gasteiger partial charge is 0.443 e. The number of carbonyl (C=O) groups excluding carboxylic acids is 2. The lowest BCUT2D eigenvalue weighted by Gasteiger charge is -2.28. The third kappa shape index (κ3) is 7.11. The predicted octanol–water partition coefficient (Wildman–Crippen LogP) is 5.96. The Labute approximate surface area is 218 Å². The van der Waals surface area contributed by atoms with Crippen LogP contribution in [-0.2, 0) is 16.0 Å². The van der Waals surface area contributed by atoms with Gasteiger partial charge >= 0.3 is 12.2 Å². The first-order valence-corrected chi connectivity index (χ1v) is 12.1. The number of hydrogen-bond donors (Lipinski definition) is 1. The fourth-order valence-electron chi connectivity index (χ4n) is 3.07. The fraction of sp³-hybridized carbons (Fsp3) is 0.400. The standard InChI is InChI=1S/C25H30BrN5O5/c1-24(2,3)34-22(32)31(23(33)35-25(4,5)6)21-20(29-19(26)14-28-21)18-12-17(30-36-18)16-10-8-15(9-11-16)13-27-7/h8-12,14,27H,13H2,1-7H3. The van der Waals surface area contributed by atoms with Gasteiger partial charge in [0.15, 0.2) is 17.3 Å². The molecule has 0 bridgehead atoms. The zero-order chi connectivity index (χ0) is 26.7. The molecule has 2 heterocycles. The van der Waals surface area contributed by atoms with Crippen molar-refractivity contribution >= 4 is 33.9 Å². The number of hydrogen-bond acceptors (Lipinski definition) is 9. The van der Waals surface area contributed by atoms with Crippen LogP contribution in [0.5, 0.6) is 0 Å². The molecule has 0 saturated carbocycles. The van der Waals surface area contributed by atoms with Gasteiger partial charge in [0.1, 0.15) is 21.5 Å². The molecule has 11 heteroatoms. The Balaban J connectivity index is 2.06. The summed E-state index contributed by atoms with van der Waals surface area (Å²) >= 11 is 3.30. The molecule has 36 heavy (non-hydrogen) atoms. The zero-order valence-corrected chi connectivity index (χ0v) is 23.0. The van der Waals surface area contributed by atoms with E-state index in [9.17, 15) is 9.59 Å². The number of benzene rings is 1. The van der Waals surface area contributed by atoms with Crippen LogP contribution in [0.1, 0.15) is 47.1 Å². The number of rotatable bonds is 5. The maximum Gasteiger partial charge on any atom is 0.425 e. The van der Waals surface area contributed by atoms with Crippen LogP contribution in [0.2, 0.25) is 0 Å². The summed E-state index contributed by atoms with van der Waals surface area (Å²) in [6, 6.07) is 9.48. The number of imide groups is 1. The minimum absolute atomic E-state index is 0.103. The van der Waals surface area contributed by atoms with Crippen molar-refractivity contribution in [1.29, 1.82) is 0 Å². The molecule has 3 aromatic rings. The van der Waals surface area contributed by atoms with Crippen LogP contribution in [0.25, 0.3) is 22.7 Å². The highest BCUT2D eigenvalue weighted by atomic mass is 79.9. The summed E-state index contributed by atoms with van der Waals surface area (Å²) in [5.74, 6) is 0.0824. The molecule has 3 rings (SSSR count). The van der Waals surface area contributed by atoms with Gasteiger partial charge in [0, 0.05) is 18.2 Å². The van der Waals surface area contributed by atoms with E-state index in [0.717, 1.165) is 17.7 Å². The van der Waals surface area contributed by atoms with Crippen molar-refractivity contribution in [2.45, 2.75) is 59.3 Å². The van der Waals surface area contributed by atoms with E-state index in [0.29, 0.717) is 15.2 Å². The summed E-state index contributed by atoms with van der Waals surface area (Å²) in [4.78, 5) is 35.7. The minimum Gasteiger partial charge on any atom is -0.443 e. The first-order valence-electron chi connectivity index (χ1n) is 11.3. The quantitative estimate of drug-likeness (QED) is 0.403. The molecular formula is C25H30BrN5O5. The van der Waals surface area contributed by atoms with Gasteiger partial charge in [-0.1, -0.05) is 29.4 Å². The number of carbonyl (C=O) groups is 2. The normalized spacial score (nSPS) is 11.8. The molecule has 10 nitrogen and oxygen atoms in total. The predicted molar refractivity (Wildman–Crippen MR) is 138 cm³/mol. The average molecular weight is 560 g/mol. The van der Waals surface area contributed by atoms with E-state index < -0.39 is 23.4 Å². The van der Waals surface area contributed by atoms with Crippen LogP contribution in [0.15, 0.2) is 45.7 Å². The molecule has 0 aliphatic carbocycles. The van der Waals surface area contributed by atoms with Crippen molar-refractivity contribution in [3.63, 3.8) is 0 Å². The smallest absolute Gasteiger partial charge is 0.425 e. The van der Waals surface area contributed by atoms with Gasteiger partial charge in [-0.25, -0.2) is 19.6 Å². The van der Waals surface area contributed by atoms with Crippen LogP contribution >= 0.6 is 15.9 Å². The highest BCUT2D eigenvalue weighted by Gasteiger charge is 2.36. The Kier molecular flexibility index (Phi) is 8.15. The second kappa shape index (κ2) is 10.8. The van der Waals surface area contributed by atoms with Crippen molar-refractivity contribution in [2.75, 3.05) is 11.9 Å². The molecule has 1 N–H and O–H groups in total. The van der Waals surface area contributed by atoms with Gasteiger partial charge in [0.2, 0.25) is 0 Å². The van der Waals surface area contributed by atoms with Crippen LogP contribution in [0.3, 0.4) is 0 Å². The molecular weight excluding hydrogens is 530 g/mol. The van der Waals surface area contributed by atoms with Gasteiger partial charge in [-0.2, -0.15) is 4.90 Å². The molecule has 1 aromatic carbocycles. The van der Waals surface area contributed by atoms with Crippen molar-refractivity contribution in [2.24, 2.45) is 0 Å². The molecule has 0 saturated heterocycles. The van der Waals surface area contributed by atoms with E-state index >= 15 is 0 Å². The fourth-order valence-corrected chi connectivity index (χ4v) is 3.35. The molecule has 0 aliphatic rings. The van der Waals surface area contributed by atoms with Crippen LogP contribution in [-0.4, -0.2) is 45.6 Å². The summed E-state index contributed by atoms with van der Waals surface area (Å²) in [5.41, 5.74) is 0.848. The van der Waals surface area contributed by atoms with Crippen molar-refractivity contribution in [1.82, 2.24) is 20.4 Å². The second-order valence-corrected chi connectivity index (χ2v) is 10.8. The van der Waals surface area contributed by atoms with E-state index in [1.165, 1.54) is 6.20 Å². The Morgan fingerprint density at radius 2 is 1.61 bits per heavy atom. The first-order chi connectivity index (χ1) is 16.8. The SMILES string of the molecule is CNCc1ccc(-c2cc(-c3nc(Br)cnc3N(C(=O)OC(C)(C)C)C(=O)OC(C)(C)C)on2)cc1. The molecule has 2 amide bonds. The number of ether oxygens (including phenoxy) is 2. The molecule has 0 unspecified atom stereocenters. The zero-order valence-electron chi connectivity index (χ0n) is 21.4. The van der Waals surface area contributed by atoms with Crippen LogP contribution in [0.4, 0.5) is 15.4 Å². The number of halogens is 1. The van der Waals surface area contributed by atoms with E-state index in [1.54, 1.807) is 47.6 Å². The number of aromatic nitrogens is 3. The van der Waals surface area contributed by atoms with Gasteiger partial charge in [-0.3, -0.25) is 0 Å². The van der Waals surface area contributed by atoms with E-state index in [-0.39, 0.29) is 17.3 Å². The molecule has 0 fully saturated rings. The third-order valence-electron chi connectivity index (χ3n) is 4.46. The lowest BCUT2D eigenvalue weighted by molar-refractivity contribution is 0.0429. The monoisotopic (exact) mass is 559 g/mol. The second-order valence-electron chi connectivity index (χ2n) is 9.96. The maximum absolute atomic E-state index is 13.1. The summed E-state index contributed by atoms with van der Waals surface area (Å²) < 4.78 is 16.9. The Bertz CT molecular complexity index is 1200. The van der Waals surface area contributed by atoms with Crippen molar-refractivity contribution in [3.05, 3.63) is 46.7 Å². The highest BCUT2D eigenvalue weighted by Crippen LogP contribution is 2.33. The molecule has 0 atom stereocenters. The first kappa shape index (κ1) is 27.3. The lowest BCUT2D eigenvalue weighted by atomic mass is 10.1. The summed E-state index contributed by atoms with van der Waals surface area (Å²) in [5, 5.41) is 7.26. The van der Waals surface area contributed by atoms with Gasteiger partial charge in [0.25, 0.3) is 0 Å². The van der Waals surface area contributed by atoms with E-state index in [4.69, 9.17) is 14.0 Å². The molecule has 192 valence electrons. The van der Waals surface area contributed by atoms with Gasteiger partial charge in [-0.15, -0.1) is 0 Å². The van der Waals surface area contributed by atoms with Crippen molar-refractivity contribution in [3.8, 4) is 22.7 Å². The molecule has 0 aliphatic heterocycles. The van der Waals surface area contributed by atoms with Crippen LogP contribution < -0.4 is 10.2 Å². The summed E-state index contributed by atoms with van der Waals surface area (Å²) in [6.07, 6.45) is -0.567. The Morgan fingerprint density at radius 3 is 2.14 bits per heavy atom. The van der Waals surface area contributed by atoms with Crippen LogP contribution in [0, 0.1) is 0 Å². The van der Waals surface area contributed by atoms with E-state index in [2.05, 4.69) is 36.4 Å². The summed E-state index contributed by atoms with van der Waals surface area (Å²) in [6.45, 7) is 10.9. The Morgan fingerprint density at radius 1 is 1.03 bits per heavy atom. The highest BCUT2D eigenvalue weighted by molar-refractivity contribution is 9.10. The average Bonchev–Trinajstić information content (AvgIpc) is 3.23. The van der Waals surface area contributed by atoms with E-state index in [1.807, 2.05) is 31.3 Å². The van der Waals surface area contributed by atoms with Gasteiger partial charge in [0.05, 0.1) is 6.20 Å². The number of anilines is 1. The van der Waals surface area contributed by atoms with Gasteiger partial charge < -0.3 is 19.3 Å². The minimum atomic E-state index is -0.963. The molecule has 2 aromatic heterocycles. The topological polar surface area (TPSA) is 120 Å². The number of nitrogens with zero attached hydrogens (tertiary/aromatic N) is 4. The number of amides is 2. The third-order valence-corrected chi connectivity index (χ3v) is 4.84. The molecule has 0 radical (unpaired) electrons. The Hall–Kier alpha value is -3.31.